The van der Waals surface area contributed by atoms with E-state index in [1.54, 1.807) is 0 Å². The lowest BCUT2D eigenvalue weighted by molar-refractivity contribution is -0.00756. The van der Waals surface area contributed by atoms with Gasteiger partial charge in [-0.2, -0.15) is 0 Å². The predicted molar refractivity (Wildman–Crippen MR) is 121 cm³/mol. The molecule has 7 heteroatoms. The number of rotatable bonds is 11. The summed E-state index contributed by atoms with van der Waals surface area (Å²) in [4.78, 5) is 7.57. The van der Waals surface area contributed by atoms with E-state index in [9.17, 15) is 13.9 Å². The molecule has 0 aromatic heterocycles. The number of hydrogen-bond acceptors (Lipinski definition) is 5. The Morgan fingerprint density at radius 3 is 2.69 bits per heavy atom. The summed E-state index contributed by atoms with van der Waals surface area (Å²) in [6.45, 7) is 7.79. The Hall–Kier alpha value is -2.35. The van der Waals surface area contributed by atoms with Crippen LogP contribution in [0, 0.1) is 24.5 Å². The molecule has 0 aliphatic carbocycles. The lowest BCUT2D eigenvalue weighted by Gasteiger charge is -2.27. The molecule has 5 nitrogen and oxygen atoms in total. The molecular formula is C25H32F2N2O3. The molecule has 1 heterocycles. The smallest absolute Gasteiger partial charge is 0.145 e. The van der Waals surface area contributed by atoms with Gasteiger partial charge in [-0.3, -0.25) is 4.90 Å². The van der Waals surface area contributed by atoms with Gasteiger partial charge in [0.05, 0.1) is 18.4 Å². The second-order valence-corrected chi connectivity index (χ2v) is 8.80. The van der Waals surface area contributed by atoms with E-state index in [0.29, 0.717) is 31.1 Å². The van der Waals surface area contributed by atoms with Gasteiger partial charge in [0.2, 0.25) is 0 Å². The van der Waals surface area contributed by atoms with Crippen LogP contribution >= 0.6 is 0 Å². The zero-order chi connectivity index (χ0) is 23.1. The normalized spacial score (nSPS) is 17.0. The molecule has 0 fully saturated rings. The lowest BCUT2D eigenvalue weighted by Crippen LogP contribution is -2.39. The van der Waals surface area contributed by atoms with Crippen LogP contribution in [0.25, 0.3) is 0 Å². The molecule has 1 aliphatic heterocycles. The number of benzene rings is 2. The van der Waals surface area contributed by atoms with E-state index >= 15 is 0 Å². The van der Waals surface area contributed by atoms with Crippen LogP contribution in [0.2, 0.25) is 0 Å². The van der Waals surface area contributed by atoms with Gasteiger partial charge in [-0.25, -0.2) is 8.78 Å². The largest absolute Gasteiger partial charge is 0.390 e. The first-order valence-corrected chi connectivity index (χ1v) is 11.0. The monoisotopic (exact) mass is 446 g/mol. The fraction of sp³-hybridized carbons (Fsp3) is 0.480. The average Bonchev–Trinajstić information content (AvgIpc) is 3.18. The second kappa shape index (κ2) is 11.5. The molecule has 1 N–H and O–H groups in total. The molecule has 1 aliphatic rings. The highest BCUT2D eigenvalue weighted by atomic mass is 19.1. The molecule has 0 bridgehead atoms. The number of ether oxygens (including phenoxy) is 1. The van der Waals surface area contributed by atoms with Crippen LogP contribution in [-0.2, 0) is 16.1 Å². The van der Waals surface area contributed by atoms with Crippen molar-refractivity contribution in [3.8, 4) is 0 Å². The summed E-state index contributed by atoms with van der Waals surface area (Å²) >= 11 is 0. The first kappa shape index (κ1) is 24.3. The minimum Gasteiger partial charge on any atom is -0.390 e. The highest BCUT2D eigenvalue weighted by molar-refractivity contribution is 6.02. The number of aliphatic hydroxyl groups is 1. The van der Waals surface area contributed by atoms with Gasteiger partial charge in [-0.15, -0.1) is 0 Å². The molecule has 174 valence electrons. The summed E-state index contributed by atoms with van der Waals surface area (Å²) in [5.74, 6) is -0.851. The van der Waals surface area contributed by atoms with Crippen molar-refractivity contribution in [2.24, 2.45) is 11.1 Å². The van der Waals surface area contributed by atoms with Crippen LogP contribution in [0.1, 0.15) is 37.0 Å². The van der Waals surface area contributed by atoms with Crippen molar-refractivity contribution < 1.29 is 23.5 Å². The van der Waals surface area contributed by atoms with Crippen molar-refractivity contribution in [3.05, 3.63) is 70.8 Å². The summed E-state index contributed by atoms with van der Waals surface area (Å²) in [5.41, 5.74) is 3.41. The molecule has 0 unspecified atom stereocenters. The first-order chi connectivity index (χ1) is 15.3. The molecule has 3 rings (SSSR count). The number of nitrogens with zero attached hydrogens (tertiary/aromatic N) is 2. The standard InChI is InChI=1S/C25H32F2N2O3/c1-17(2)15-31-16-21(30)13-29(12-19-8-9-20(26)10-24(19)27)14-22-11-25(28-32-22)23-7-5-4-6-18(23)3/h4-10,17,21-22,30H,11-16H2,1-3H3/t21-,22+/m0/s1. The van der Waals surface area contributed by atoms with Crippen LogP contribution in [0.4, 0.5) is 8.78 Å². The molecular weight excluding hydrogens is 414 g/mol. The lowest BCUT2D eigenvalue weighted by atomic mass is 10.00. The van der Waals surface area contributed by atoms with Crippen molar-refractivity contribution in [2.45, 2.75) is 45.9 Å². The number of oxime groups is 1. The van der Waals surface area contributed by atoms with Crippen LogP contribution in [-0.4, -0.2) is 54.2 Å². The average molecular weight is 447 g/mol. The van der Waals surface area contributed by atoms with Gasteiger partial charge >= 0.3 is 0 Å². The zero-order valence-corrected chi connectivity index (χ0v) is 18.9. The van der Waals surface area contributed by atoms with E-state index in [1.807, 2.05) is 49.9 Å². The molecule has 0 radical (unpaired) electrons. The minimum absolute atomic E-state index is 0.192. The highest BCUT2D eigenvalue weighted by Crippen LogP contribution is 2.21. The summed E-state index contributed by atoms with van der Waals surface area (Å²) in [6.07, 6.45) is -0.347. The van der Waals surface area contributed by atoms with Crippen LogP contribution in [0.5, 0.6) is 0 Å². The molecule has 32 heavy (non-hydrogen) atoms. The van der Waals surface area contributed by atoms with Crippen molar-refractivity contribution in [1.29, 1.82) is 0 Å². The third-order valence-electron chi connectivity index (χ3n) is 5.29. The Bertz CT molecular complexity index is 920. The van der Waals surface area contributed by atoms with Crippen molar-refractivity contribution in [3.63, 3.8) is 0 Å². The molecule has 0 spiro atoms. The minimum atomic E-state index is -0.740. The Labute approximate surface area is 188 Å². The maximum atomic E-state index is 14.3. The topological polar surface area (TPSA) is 54.3 Å². The third kappa shape index (κ3) is 7.08. The van der Waals surface area contributed by atoms with Crippen molar-refractivity contribution in [1.82, 2.24) is 4.90 Å². The number of halogens is 2. The number of aryl methyl sites for hydroxylation is 1. The zero-order valence-electron chi connectivity index (χ0n) is 18.9. The van der Waals surface area contributed by atoms with E-state index in [-0.39, 0.29) is 25.8 Å². The van der Waals surface area contributed by atoms with E-state index < -0.39 is 17.7 Å². The van der Waals surface area contributed by atoms with E-state index in [1.165, 1.54) is 12.1 Å². The van der Waals surface area contributed by atoms with Crippen molar-refractivity contribution in [2.75, 3.05) is 26.3 Å². The number of aliphatic hydroxyl groups excluding tert-OH is 1. The van der Waals surface area contributed by atoms with Gasteiger partial charge in [0, 0.05) is 49.9 Å². The maximum Gasteiger partial charge on any atom is 0.145 e. The Morgan fingerprint density at radius 1 is 1.19 bits per heavy atom. The summed E-state index contributed by atoms with van der Waals surface area (Å²) in [7, 11) is 0. The summed E-state index contributed by atoms with van der Waals surface area (Å²) < 4.78 is 33.1. The molecule has 2 aromatic carbocycles. The number of hydrogen-bond donors (Lipinski definition) is 1. The van der Waals surface area contributed by atoms with Gasteiger partial charge in [0.1, 0.15) is 17.7 Å². The van der Waals surface area contributed by atoms with E-state index in [0.717, 1.165) is 22.9 Å². The van der Waals surface area contributed by atoms with E-state index in [4.69, 9.17) is 9.57 Å². The molecule has 2 aromatic rings. The van der Waals surface area contributed by atoms with Gasteiger partial charge in [0.25, 0.3) is 0 Å². The van der Waals surface area contributed by atoms with Crippen LogP contribution in [0.15, 0.2) is 47.6 Å². The summed E-state index contributed by atoms with van der Waals surface area (Å²) in [5, 5.41) is 14.7. The summed E-state index contributed by atoms with van der Waals surface area (Å²) in [6, 6.07) is 11.5. The van der Waals surface area contributed by atoms with Crippen LogP contribution < -0.4 is 0 Å². The predicted octanol–water partition coefficient (Wildman–Crippen LogP) is 4.30. The maximum absolute atomic E-state index is 14.3. The molecule has 0 saturated carbocycles. The van der Waals surface area contributed by atoms with E-state index in [2.05, 4.69) is 5.16 Å². The Balaban J connectivity index is 1.64. The molecule has 0 amide bonds. The Morgan fingerprint density at radius 2 is 1.97 bits per heavy atom. The molecule has 0 saturated heterocycles. The second-order valence-electron chi connectivity index (χ2n) is 8.80. The third-order valence-corrected chi connectivity index (χ3v) is 5.29. The van der Waals surface area contributed by atoms with Gasteiger partial charge in [-0.05, 0) is 24.5 Å². The van der Waals surface area contributed by atoms with Gasteiger partial charge < -0.3 is 14.7 Å². The quantitative estimate of drug-likeness (QED) is 0.559. The van der Waals surface area contributed by atoms with Gasteiger partial charge in [0.15, 0.2) is 0 Å². The first-order valence-electron chi connectivity index (χ1n) is 11.0. The van der Waals surface area contributed by atoms with Gasteiger partial charge in [-0.1, -0.05) is 49.3 Å². The molecule has 2 atom stereocenters. The Kier molecular flexibility index (Phi) is 8.73. The fourth-order valence-electron chi connectivity index (χ4n) is 3.76. The van der Waals surface area contributed by atoms with Crippen LogP contribution in [0.3, 0.4) is 0 Å². The highest BCUT2D eigenvalue weighted by Gasteiger charge is 2.27. The SMILES string of the molecule is Cc1ccccc1C1=NO[C@@H](CN(Cc2ccc(F)cc2F)C[C@H](O)COCC(C)C)C1. The van der Waals surface area contributed by atoms with Crippen molar-refractivity contribution >= 4 is 5.71 Å². The fourth-order valence-corrected chi connectivity index (χ4v) is 3.76.